The van der Waals surface area contributed by atoms with Gasteiger partial charge in [-0.1, -0.05) is 6.42 Å². The molecule has 0 aromatic heterocycles. The molecule has 140 valence electrons. The van der Waals surface area contributed by atoms with E-state index in [-0.39, 0.29) is 25.8 Å². The molecule has 0 aromatic rings. The minimum Gasteiger partial charge on any atom is -0.480 e. The average Bonchev–Trinajstić information content (AvgIpc) is 2.75. The van der Waals surface area contributed by atoms with Gasteiger partial charge in [0.2, 0.25) is 0 Å². The van der Waals surface area contributed by atoms with Crippen LogP contribution in [0.3, 0.4) is 0 Å². The lowest BCUT2D eigenvalue weighted by Gasteiger charge is -2.25. The van der Waals surface area contributed by atoms with Crippen molar-refractivity contribution in [2.45, 2.75) is 44.1 Å². The molecule has 1 aliphatic heterocycles. The van der Waals surface area contributed by atoms with Gasteiger partial charge in [-0.05, 0) is 26.6 Å². The largest absolute Gasteiger partial charge is 0.480 e. The summed E-state index contributed by atoms with van der Waals surface area (Å²) in [5.74, 6) is -1.97. The van der Waals surface area contributed by atoms with E-state index in [2.05, 4.69) is 4.72 Å². The number of hydrogen-bond acceptors (Lipinski definition) is 7. The first kappa shape index (κ1) is 21.3. The van der Waals surface area contributed by atoms with Crippen molar-refractivity contribution < 1.29 is 33.5 Å². The zero-order valence-electron chi connectivity index (χ0n) is 13.8. The van der Waals surface area contributed by atoms with Crippen molar-refractivity contribution in [3.63, 3.8) is 0 Å². The molecule has 0 bridgehead atoms. The average molecular weight is 367 g/mol. The molecule has 7 N–H and O–H groups in total. The molecule has 0 amide bonds. The number of aliphatic hydroxyl groups is 1. The summed E-state index contributed by atoms with van der Waals surface area (Å²) in [6, 6.07) is 0. The number of carbonyl (C=O) groups is 1. The van der Waals surface area contributed by atoms with E-state index >= 15 is 0 Å². The van der Waals surface area contributed by atoms with Crippen molar-refractivity contribution in [1.29, 1.82) is 0 Å². The molecule has 0 unspecified atom stereocenters. The first-order valence-corrected chi connectivity index (χ1v) is 9.07. The van der Waals surface area contributed by atoms with Crippen LogP contribution in [0.15, 0.2) is 0 Å². The second-order valence-corrected chi connectivity index (χ2v) is 8.64. The minimum atomic E-state index is -3.99. The van der Waals surface area contributed by atoms with Crippen LogP contribution in [0.2, 0.25) is 6.32 Å². The van der Waals surface area contributed by atoms with Crippen LogP contribution < -0.4 is 10.5 Å². The van der Waals surface area contributed by atoms with Crippen molar-refractivity contribution >= 4 is 23.3 Å². The minimum absolute atomic E-state index is 0.0515. The summed E-state index contributed by atoms with van der Waals surface area (Å²) in [5, 5.41) is 36.7. The molecule has 0 aliphatic carbocycles. The molecule has 0 spiro atoms. The molecule has 12 heteroatoms. The fourth-order valence-corrected chi connectivity index (χ4v) is 4.05. The Morgan fingerprint density at radius 3 is 2.50 bits per heavy atom. The highest BCUT2D eigenvalue weighted by atomic mass is 32.2. The summed E-state index contributed by atoms with van der Waals surface area (Å²) in [6.45, 7) is 2.17. The quantitative estimate of drug-likeness (QED) is 0.244. The molecular weight excluding hydrogens is 341 g/mol. The molecule has 1 fully saturated rings. The monoisotopic (exact) mass is 367 g/mol. The Balaban J connectivity index is 2.83. The SMILES string of the molecule is CC(C)(O)CNS(=O)(=O)N1C[C@@H](CCCB(O)O)[C@@](N)(C(=O)O)C1. The van der Waals surface area contributed by atoms with Gasteiger partial charge in [0.15, 0.2) is 0 Å². The highest BCUT2D eigenvalue weighted by Crippen LogP contribution is 2.31. The van der Waals surface area contributed by atoms with Gasteiger partial charge in [0, 0.05) is 25.6 Å². The van der Waals surface area contributed by atoms with Gasteiger partial charge in [-0.3, -0.25) is 4.79 Å². The summed E-state index contributed by atoms with van der Waals surface area (Å²) >= 11 is 0. The number of nitrogens with zero attached hydrogens (tertiary/aromatic N) is 1. The summed E-state index contributed by atoms with van der Waals surface area (Å²) in [5.41, 5.74) is 2.92. The van der Waals surface area contributed by atoms with Crippen LogP contribution in [-0.2, 0) is 15.0 Å². The predicted octanol–water partition coefficient (Wildman–Crippen LogP) is -2.44. The molecule has 1 saturated heterocycles. The molecule has 1 heterocycles. The molecule has 1 rings (SSSR count). The van der Waals surface area contributed by atoms with E-state index in [1.807, 2.05) is 0 Å². The van der Waals surface area contributed by atoms with Crippen LogP contribution in [0, 0.1) is 5.92 Å². The van der Waals surface area contributed by atoms with E-state index < -0.39 is 46.9 Å². The zero-order chi connectivity index (χ0) is 18.8. The lowest BCUT2D eigenvalue weighted by atomic mass is 9.78. The summed E-state index contributed by atoms with van der Waals surface area (Å²) in [6.07, 6.45) is 0.605. The third kappa shape index (κ3) is 5.65. The Morgan fingerprint density at radius 2 is 2.04 bits per heavy atom. The normalized spacial score (nSPS) is 25.8. The van der Waals surface area contributed by atoms with Crippen LogP contribution in [0.5, 0.6) is 0 Å². The maximum absolute atomic E-state index is 12.3. The highest BCUT2D eigenvalue weighted by Gasteiger charge is 2.52. The third-order valence-electron chi connectivity index (χ3n) is 4.03. The molecule has 24 heavy (non-hydrogen) atoms. The number of nitrogens with two attached hydrogens (primary N) is 1. The Hall–Kier alpha value is -0.755. The van der Waals surface area contributed by atoms with Crippen LogP contribution >= 0.6 is 0 Å². The van der Waals surface area contributed by atoms with Crippen LogP contribution in [-0.4, -0.2) is 76.8 Å². The lowest BCUT2D eigenvalue weighted by Crippen LogP contribution is -2.55. The van der Waals surface area contributed by atoms with Crippen molar-refractivity contribution in [2.24, 2.45) is 11.7 Å². The van der Waals surface area contributed by atoms with E-state index in [1.165, 1.54) is 13.8 Å². The summed E-state index contributed by atoms with van der Waals surface area (Å²) < 4.78 is 27.8. The second-order valence-electron chi connectivity index (χ2n) is 6.89. The van der Waals surface area contributed by atoms with Gasteiger partial charge in [0.1, 0.15) is 5.54 Å². The number of hydrogen-bond donors (Lipinski definition) is 6. The van der Waals surface area contributed by atoms with Crippen molar-refractivity contribution in [3.8, 4) is 0 Å². The van der Waals surface area contributed by atoms with Gasteiger partial charge in [0.05, 0.1) is 5.60 Å². The van der Waals surface area contributed by atoms with Crippen LogP contribution in [0.1, 0.15) is 26.7 Å². The number of rotatable bonds is 9. The molecule has 0 aromatic carbocycles. The third-order valence-corrected chi connectivity index (χ3v) is 5.50. The van der Waals surface area contributed by atoms with Gasteiger partial charge in [-0.25, -0.2) is 0 Å². The zero-order valence-corrected chi connectivity index (χ0v) is 14.7. The number of carboxylic acid groups (broad SMARTS) is 1. The van der Waals surface area contributed by atoms with Gasteiger partial charge in [-0.2, -0.15) is 17.4 Å². The van der Waals surface area contributed by atoms with Crippen molar-refractivity contribution in [1.82, 2.24) is 9.03 Å². The molecular formula is C12H26BN3O7S. The van der Waals surface area contributed by atoms with Crippen LogP contribution in [0.25, 0.3) is 0 Å². The van der Waals surface area contributed by atoms with Crippen molar-refractivity contribution in [3.05, 3.63) is 0 Å². The van der Waals surface area contributed by atoms with E-state index in [0.29, 0.717) is 6.42 Å². The Labute approximate surface area is 142 Å². The maximum Gasteiger partial charge on any atom is 0.451 e. The van der Waals surface area contributed by atoms with Gasteiger partial charge < -0.3 is 26.0 Å². The van der Waals surface area contributed by atoms with E-state index in [1.54, 1.807) is 0 Å². The summed E-state index contributed by atoms with van der Waals surface area (Å²) in [4.78, 5) is 11.5. The predicted molar refractivity (Wildman–Crippen MR) is 87.1 cm³/mol. The highest BCUT2D eigenvalue weighted by molar-refractivity contribution is 7.87. The van der Waals surface area contributed by atoms with E-state index in [9.17, 15) is 23.4 Å². The van der Waals surface area contributed by atoms with Gasteiger partial charge >= 0.3 is 13.1 Å². The molecule has 1 aliphatic rings. The topological polar surface area (TPSA) is 173 Å². The molecule has 2 atom stereocenters. The standard InChI is InChI=1S/C12H26BN3O7S/c1-11(2,19)7-15-24(22,23)16-6-9(4-3-5-13(20)21)12(14,8-16)10(17)18/h9,15,19-21H,3-8,14H2,1-2H3,(H,17,18)/t9-,12-/m1/s1. The Bertz CT molecular complexity index is 551. The molecule has 10 nitrogen and oxygen atoms in total. The fraction of sp³-hybridized carbons (Fsp3) is 0.917. The number of carboxylic acids is 1. The first-order chi connectivity index (χ1) is 10.8. The smallest absolute Gasteiger partial charge is 0.451 e. The van der Waals surface area contributed by atoms with E-state index in [4.69, 9.17) is 15.8 Å². The molecule has 0 saturated carbocycles. The molecule has 0 radical (unpaired) electrons. The Kier molecular flexibility index (Phi) is 6.78. The first-order valence-electron chi connectivity index (χ1n) is 7.63. The Morgan fingerprint density at radius 1 is 1.46 bits per heavy atom. The van der Waals surface area contributed by atoms with Gasteiger partial charge in [-0.15, -0.1) is 0 Å². The van der Waals surface area contributed by atoms with E-state index in [0.717, 1.165) is 4.31 Å². The fourth-order valence-electron chi connectivity index (χ4n) is 2.57. The maximum atomic E-state index is 12.3. The van der Waals surface area contributed by atoms with Gasteiger partial charge in [0.25, 0.3) is 10.2 Å². The summed E-state index contributed by atoms with van der Waals surface area (Å²) in [7, 11) is -5.49. The second kappa shape index (κ2) is 7.64. The van der Waals surface area contributed by atoms with Crippen LogP contribution in [0.4, 0.5) is 0 Å². The number of aliphatic carboxylic acids is 1. The van der Waals surface area contributed by atoms with Crippen molar-refractivity contribution in [2.75, 3.05) is 19.6 Å². The number of nitrogens with one attached hydrogen (secondary N) is 1. The lowest BCUT2D eigenvalue weighted by molar-refractivity contribution is -0.144.